The van der Waals surface area contributed by atoms with Crippen LogP contribution in [0.2, 0.25) is 0 Å². The molecule has 96 valence electrons. The topological polar surface area (TPSA) is 48.1 Å². The predicted molar refractivity (Wildman–Crippen MR) is 66.8 cm³/mol. The first-order valence-corrected chi connectivity index (χ1v) is 6.13. The number of ether oxygens (including phenoxy) is 1. The van der Waals surface area contributed by atoms with Crippen molar-refractivity contribution >= 4 is 0 Å². The van der Waals surface area contributed by atoms with Crippen LogP contribution >= 0.6 is 0 Å². The zero-order valence-electron chi connectivity index (χ0n) is 10.6. The molecule has 0 saturated carbocycles. The fraction of sp³-hybridized carbons (Fsp3) is 0.615. The number of nitrogens with zero attached hydrogens (tertiary/aromatic N) is 1. The van der Waals surface area contributed by atoms with E-state index in [-0.39, 0.29) is 6.54 Å². The molecular weight excluding hydrogens is 219 g/mol. The molecule has 1 rings (SSSR count). The third kappa shape index (κ3) is 3.66. The second kappa shape index (κ2) is 6.55. The summed E-state index contributed by atoms with van der Waals surface area (Å²) < 4.78 is 20.0. The summed E-state index contributed by atoms with van der Waals surface area (Å²) in [5.74, 6) is 0.607. The molecule has 0 fully saturated rings. The smallest absolute Gasteiger partial charge is 0.149 e. The van der Waals surface area contributed by atoms with Gasteiger partial charge < -0.3 is 10.5 Å². The first-order chi connectivity index (χ1) is 8.16. The standard InChI is InChI=1S/C13H21FN2O/c1-3-5-13(14,10-15)11-7-12(9-16-8-11)17-6-4-2/h7-9H,3-6,10,15H2,1-2H3. The zero-order chi connectivity index (χ0) is 12.7. The van der Waals surface area contributed by atoms with Gasteiger partial charge >= 0.3 is 0 Å². The Kier molecular flexibility index (Phi) is 5.35. The van der Waals surface area contributed by atoms with Crippen molar-refractivity contribution in [3.05, 3.63) is 24.0 Å². The zero-order valence-corrected chi connectivity index (χ0v) is 10.6. The molecule has 1 heterocycles. The molecule has 3 nitrogen and oxygen atoms in total. The fourth-order valence-corrected chi connectivity index (χ4v) is 1.72. The van der Waals surface area contributed by atoms with Gasteiger partial charge in [-0.25, -0.2) is 4.39 Å². The van der Waals surface area contributed by atoms with E-state index in [1.54, 1.807) is 12.3 Å². The van der Waals surface area contributed by atoms with Gasteiger partial charge in [-0.2, -0.15) is 0 Å². The van der Waals surface area contributed by atoms with Gasteiger partial charge in [0, 0.05) is 18.3 Å². The normalized spacial score (nSPS) is 14.4. The Morgan fingerprint density at radius 3 is 2.71 bits per heavy atom. The summed E-state index contributed by atoms with van der Waals surface area (Å²) in [4.78, 5) is 4.01. The predicted octanol–water partition coefficient (Wildman–Crippen LogP) is 2.79. The molecule has 4 heteroatoms. The molecule has 0 saturated heterocycles. The Hall–Kier alpha value is -1.16. The van der Waals surface area contributed by atoms with Crippen molar-refractivity contribution in [3.8, 4) is 5.75 Å². The minimum absolute atomic E-state index is 0.0280. The molecule has 17 heavy (non-hydrogen) atoms. The second-order valence-corrected chi connectivity index (χ2v) is 4.18. The number of hydrogen-bond donors (Lipinski definition) is 1. The Bertz CT molecular complexity index is 346. The maximum absolute atomic E-state index is 14.5. The average Bonchev–Trinajstić information content (AvgIpc) is 2.37. The molecule has 1 atom stereocenters. The Morgan fingerprint density at radius 2 is 2.12 bits per heavy atom. The van der Waals surface area contributed by atoms with E-state index in [2.05, 4.69) is 4.98 Å². The van der Waals surface area contributed by atoms with Crippen LogP contribution in [-0.4, -0.2) is 18.1 Å². The van der Waals surface area contributed by atoms with Crippen LogP contribution in [0.15, 0.2) is 18.5 Å². The lowest BCUT2D eigenvalue weighted by molar-refractivity contribution is 0.158. The van der Waals surface area contributed by atoms with Gasteiger partial charge in [-0.1, -0.05) is 20.3 Å². The van der Waals surface area contributed by atoms with Crippen LogP contribution in [0.3, 0.4) is 0 Å². The minimum Gasteiger partial charge on any atom is -0.492 e. The number of aromatic nitrogens is 1. The Balaban J connectivity index is 2.88. The molecule has 1 unspecified atom stereocenters. The number of alkyl halides is 1. The summed E-state index contributed by atoms with van der Waals surface area (Å²) in [7, 11) is 0. The first kappa shape index (κ1) is 13.9. The Morgan fingerprint density at radius 1 is 1.35 bits per heavy atom. The van der Waals surface area contributed by atoms with E-state index in [0.717, 1.165) is 12.8 Å². The summed E-state index contributed by atoms with van der Waals surface area (Å²) in [6.07, 6.45) is 5.19. The molecule has 1 aromatic heterocycles. The van der Waals surface area contributed by atoms with Gasteiger partial charge in [0.15, 0.2) is 0 Å². The summed E-state index contributed by atoms with van der Waals surface area (Å²) in [6.45, 7) is 4.54. The number of halogens is 1. The van der Waals surface area contributed by atoms with Crippen molar-refractivity contribution in [1.82, 2.24) is 4.98 Å². The molecule has 0 amide bonds. The number of hydrogen-bond acceptors (Lipinski definition) is 3. The highest BCUT2D eigenvalue weighted by molar-refractivity contribution is 5.28. The SMILES string of the molecule is CCCOc1cncc(C(F)(CN)CCC)c1. The highest BCUT2D eigenvalue weighted by atomic mass is 19.1. The van der Waals surface area contributed by atoms with E-state index in [4.69, 9.17) is 10.5 Å². The number of nitrogens with two attached hydrogens (primary N) is 1. The van der Waals surface area contributed by atoms with E-state index in [0.29, 0.717) is 24.3 Å². The van der Waals surface area contributed by atoms with Crippen LogP contribution in [0, 0.1) is 0 Å². The molecule has 0 aromatic carbocycles. The van der Waals surface area contributed by atoms with Crippen molar-refractivity contribution in [3.63, 3.8) is 0 Å². The van der Waals surface area contributed by atoms with Gasteiger partial charge in [0.25, 0.3) is 0 Å². The molecule has 0 aliphatic carbocycles. The van der Waals surface area contributed by atoms with Crippen molar-refractivity contribution in [2.24, 2.45) is 5.73 Å². The molecule has 0 radical (unpaired) electrons. The first-order valence-electron chi connectivity index (χ1n) is 6.13. The van der Waals surface area contributed by atoms with E-state index in [1.165, 1.54) is 6.20 Å². The van der Waals surface area contributed by atoms with Crippen LogP contribution in [0.25, 0.3) is 0 Å². The maximum atomic E-state index is 14.5. The molecule has 0 aliphatic rings. The third-order valence-corrected chi connectivity index (χ3v) is 2.67. The van der Waals surface area contributed by atoms with E-state index >= 15 is 0 Å². The lowest BCUT2D eigenvalue weighted by Crippen LogP contribution is -2.30. The quantitative estimate of drug-likeness (QED) is 0.797. The minimum atomic E-state index is -1.49. The molecule has 0 bridgehead atoms. The van der Waals surface area contributed by atoms with Crippen LogP contribution in [0.4, 0.5) is 4.39 Å². The molecule has 0 aliphatic heterocycles. The van der Waals surface area contributed by atoms with E-state index in [1.807, 2.05) is 13.8 Å². The van der Waals surface area contributed by atoms with E-state index < -0.39 is 5.67 Å². The lowest BCUT2D eigenvalue weighted by atomic mass is 9.92. The molecule has 2 N–H and O–H groups in total. The molecule has 1 aromatic rings. The van der Waals surface area contributed by atoms with Crippen LogP contribution in [0.5, 0.6) is 5.75 Å². The van der Waals surface area contributed by atoms with Gasteiger partial charge in [0.1, 0.15) is 11.4 Å². The van der Waals surface area contributed by atoms with Crippen molar-refractivity contribution < 1.29 is 9.13 Å². The Labute approximate surface area is 102 Å². The van der Waals surface area contributed by atoms with Crippen LogP contribution in [0.1, 0.15) is 38.7 Å². The lowest BCUT2D eigenvalue weighted by Gasteiger charge is -2.23. The van der Waals surface area contributed by atoms with Gasteiger partial charge in [-0.3, -0.25) is 4.98 Å². The van der Waals surface area contributed by atoms with Crippen molar-refractivity contribution in [2.75, 3.05) is 13.2 Å². The second-order valence-electron chi connectivity index (χ2n) is 4.18. The van der Waals surface area contributed by atoms with Gasteiger partial charge in [0.2, 0.25) is 0 Å². The molecular formula is C13H21FN2O. The van der Waals surface area contributed by atoms with Crippen LogP contribution in [-0.2, 0) is 5.67 Å². The fourth-order valence-electron chi connectivity index (χ4n) is 1.72. The third-order valence-electron chi connectivity index (χ3n) is 2.67. The highest BCUT2D eigenvalue weighted by Crippen LogP contribution is 2.31. The summed E-state index contributed by atoms with van der Waals surface area (Å²) in [6, 6.07) is 1.70. The average molecular weight is 240 g/mol. The highest BCUT2D eigenvalue weighted by Gasteiger charge is 2.30. The molecule has 0 spiro atoms. The number of rotatable bonds is 7. The van der Waals surface area contributed by atoms with Crippen molar-refractivity contribution in [1.29, 1.82) is 0 Å². The van der Waals surface area contributed by atoms with E-state index in [9.17, 15) is 4.39 Å². The van der Waals surface area contributed by atoms with Gasteiger partial charge in [-0.15, -0.1) is 0 Å². The maximum Gasteiger partial charge on any atom is 0.149 e. The summed E-state index contributed by atoms with van der Waals surface area (Å²) >= 11 is 0. The van der Waals surface area contributed by atoms with Crippen LogP contribution < -0.4 is 10.5 Å². The van der Waals surface area contributed by atoms with Crippen molar-refractivity contribution in [2.45, 2.75) is 38.8 Å². The number of pyridine rings is 1. The summed E-state index contributed by atoms with van der Waals surface area (Å²) in [5.41, 5.74) is 4.55. The largest absolute Gasteiger partial charge is 0.492 e. The van der Waals surface area contributed by atoms with Gasteiger partial charge in [0.05, 0.1) is 12.8 Å². The van der Waals surface area contributed by atoms with Gasteiger partial charge in [-0.05, 0) is 18.9 Å². The monoisotopic (exact) mass is 240 g/mol. The summed E-state index contributed by atoms with van der Waals surface area (Å²) in [5, 5.41) is 0.